The third-order valence-electron chi connectivity index (χ3n) is 5.99. The van der Waals surface area contributed by atoms with Gasteiger partial charge in [0.2, 0.25) is 0 Å². The van der Waals surface area contributed by atoms with Crippen molar-refractivity contribution in [1.82, 2.24) is 0 Å². The zero-order valence-corrected chi connectivity index (χ0v) is 18.0. The summed E-state index contributed by atoms with van der Waals surface area (Å²) in [6, 6.07) is 11.0. The van der Waals surface area contributed by atoms with Crippen LogP contribution in [0.4, 0.5) is 8.78 Å². The molecule has 0 spiro atoms. The molecule has 1 fully saturated rings. The van der Waals surface area contributed by atoms with Crippen LogP contribution in [0.25, 0.3) is 11.1 Å². The molecule has 1 aliphatic rings. The Hall–Kier alpha value is -1.94. The van der Waals surface area contributed by atoms with Crippen molar-refractivity contribution in [2.75, 3.05) is 13.2 Å². The summed E-state index contributed by atoms with van der Waals surface area (Å²) in [5.41, 5.74) is 1.08. The van der Waals surface area contributed by atoms with Crippen molar-refractivity contribution >= 4 is 0 Å². The van der Waals surface area contributed by atoms with Crippen molar-refractivity contribution in [3.05, 3.63) is 54.1 Å². The van der Waals surface area contributed by atoms with Crippen LogP contribution < -0.4 is 4.74 Å². The Morgan fingerprint density at radius 3 is 2.33 bits per heavy atom. The normalized spacial score (nSPS) is 19.0. The molecule has 2 nitrogen and oxygen atoms in total. The Morgan fingerprint density at radius 1 is 0.867 bits per heavy atom. The predicted molar refractivity (Wildman–Crippen MR) is 118 cm³/mol. The van der Waals surface area contributed by atoms with Gasteiger partial charge in [-0.05, 0) is 61.8 Å². The summed E-state index contributed by atoms with van der Waals surface area (Å²) in [5, 5.41) is 0. The number of hydrogen-bond acceptors (Lipinski definition) is 2. The number of halogens is 2. The second kappa shape index (κ2) is 12.0. The third-order valence-corrected chi connectivity index (χ3v) is 5.99. The van der Waals surface area contributed by atoms with E-state index in [1.807, 2.05) is 0 Å². The molecule has 0 aliphatic heterocycles. The van der Waals surface area contributed by atoms with Gasteiger partial charge in [0.05, 0.1) is 12.7 Å². The quantitative estimate of drug-likeness (QED) is 0.352. The summed E-state index contributed by atoms with van der Waals surface area (Å²) in [6.07, 6.45) is 10.9. The van der Waals surface area contributed by atoms with Crippen LogP contribution in [0.1, 0.15) is 64.7 Å². The molecule has 0 heterocycles. The molecule has 0 aromatic heterocycles. The summed E-state index contributed by atoms with van der Waals surface area (Å²) in [7, 11) is 0. The molecule has 0 atom stereocenters. The van der Waals surface area contributed by atoms with Crippen molar-refractivity contribution in [3.63, 3.8) is 0 Å². The van der Waals surface area contributed by atoms with E-state index in [-0.39, 0.29) is 17.4 Å². The summed E-state index contributed by atoms with van der Waals surface area (Å²) >= 11 is 0. The van der Waals surface area contributed by atoms with E-state index >= 15 is 0 Å². The second-order valence-corrected chi connectivity index (χ2v) is 8.36. The maximum atomic E-state index is 14.9. The Bertz CT molecular complexity index is 752. The first-order chi connectivity index (χ1) is 14.7. The highest BCUT2D eigenvalue weighted by Gasteiger charge is 2.22. The van der Waals surface area contributed by atoms with E-state index < -0.39 is 0 Å². The highest BCUT2D eigenvalue weighted by Crippen LogP contribution is 2.31. The van der Waals surface area contributed by atoms with Gasteiger partial charge in [-0.15, -0.1) is 0 Å². The lowest BCUT2D eigenvalue weighted by Crippen LogP contribution is -2.25. The van der Waals surface area contributed by atoms with E-state index in [1.165, 1.54) is 37.8 Å². The molecule has 164 valence electrons. The van der Waals surface area contributed by atoms with Crippen LogP contribution in [0, 0.1) is 17.6 Å². The van der Waals surface area contributed by atoms with Crippen LogP contribution in [0.5, 0.6) is 5.75 Å². The van der Waals surface area contributed by atoms with Crippen LogP contribution in [0.2, 0.25) is 0 Å². The van der Waals surface area contributed by atoms with Crippen molar-refractivity contribution in [2.45, 2.75) is 70.8 Å². The number of ether oxygens (including phenoxy) is 2. The highest BCUT2D eigenvalue weighted by molar-refractivity contribution is 5.65. The van der Waals surface area contributed by atoms with Crippen molar-refractivity contribution in [2.24, 2.45) is 5.92 Å². The Kier molecular flexibility index (Phi) is 9.13. The average molecular weight is 417 g/mol. The van der Waals surface area contributed by atoms with E-state index in [4.69, 9.17) is 9.47 Å². The van der Waals surface area contributed by atoms with Gasteiger partial charge in [-0.25, -0.2) is 8.78 Å². The standard InChI is InChI=1S/C26H34F2O2/c1-2-3-4-5-6-18-29-23-16-10-20(11-17-23)19-30-25-9-7-8-24(26(25)28)21-12-14-22(27)15-13-21/h7-9,12-15,20,23H,2-6,10-11,16-19H2,1H3. The summed E-state index contributed by atoms with van der Waals surface area (Å²) in [5.74, 6) is -0.0163. The molecule has 30 heavy (non-hydrogen) atoms. The fraction of sp³-hybridized carbons (Fsp3) is 0.538. The lowest BCUT2D eigenvalue weighted by atomic mass is 9.88. The highest BCUT2D eigenvalue weighted by atomic mass is 19.1. The van der Waals surface area contributed by atoms with Gasteiger partial charge in [0.1, 0.15) is 5.82 Å². The molecule has 2 aromatic carbocycles. The third kappa shape index (κ3) is 6.80. The molecule has 3 rings (SSSR count). The largest absolute Gasteiger partial charge is 0.490 e. The van der Waals surface area contributed by atoms with Crippen molar-refractivity contribution in [3.8, 4) is 16.9 Å². The van der Waals surface area contributed by atoms with Gasteiger partial charge < -0.3 is 9.47 Å². The Labute approximate surface area is 179 Å². The first-order valence-electron chi connectivity index (χ1n) is 11.5. The molecule has 0 N–H and O–H groups in total. The molecule has 0 bridgehead atoms. The van der Waals surface area contributed by atoms with Crippen LogP contribution >= 0.6 is 0 Å². The SMILES string of the molecule is CCCCCCCOC1CCC(COc2cccc(-c3ccc(F)cc3)c2F)CC1. The smallest absolute Gasteiger partial charge is 0.172 e. The molecule has 0 saturated heterocycles. The molecule has 0 radical (unpaired) electrons. The lowest BCUT2D eigenvalue weighted by molar-refractivity contribution is 0.0109. The van der Waals surface area contributed by atoms with Crippen LogP contribution in [-0.4, -0.2) is 19.3 Å². The molecule has 4 heteroatoms. The number of benzene rings is 2. The summed E-state index contributed by atoms with van der Waals surface area (Å²) in [6.45, 7) is 3.62. The molecule has 1 saturated carbocycles. The van der Waals surface area contributed by atoms with Crippen LogP contribution in [0.15, 0.2) is 42.5 Å². The molecule has 2 aromatic rings. The van der Waals surface area contributed by atoms with Gasteiger partial charge in [-0.2, -0.15) is 0 Å². The van der Waals surface area contributed by atoms with Gasteiger partial charge in [0.25, 0.3) is 0 Å². The minimum Gasteiger partial charge on any atom is -0.490 e. The summed E-state index contributed by atoms with van der Waals surface area (Å²) < 4.78 is 39.9. The van der Waals surface area contributed by atoms with E-state index in [9.17, 15) is 8.78 Å². The molecule has 0 unspecified atom stereocenters. The van der Waals surface area contributed by atoms with Gasteiger partial charge in [0, 0.05) is 12.2 Å². The maximum Gasteiger partial charge on any atom is 0.172 e. The van der Waals surface area contributed by atoms with Gasteiger partial charge in [-0.3, -0.25) is 0 Å². The zero-order valence-electron chi connectivity index (χ0n) is 18.0. The van der Waals surface area contributed by atoms with Crippen LogP contribution in [-0.2, 0) is 4.74 Å². The van der Waals surface area contributed by atoms with E-state index in [0.29, 0.717) is 29.8 Å². The first-order valence-corrected chi connectivity index (χ1v) is 11.5. The fourth-order valence-electron chi connectivity index (χ4n) is 4.10. The monoisotopic (exact) mass is 416 g/mol. The van der Waals surface area contributed by atoms with E-state index in [2.05, 4.69) is 6.92 Å². The topological polar surface area (TPSA) is 18.5 Å². The van der Waals surface area contributed by atoms with E-state index in [0.717, 1.165) is 38.7 Å². The van der Waals surface area contributed by atoms with Gasteiger partial charge >= 0.3 is 0 Å². The second-order valence-electron chi connectivity index (χ2n) is 8.36. The van der Waals surface area contributed by atoms with Crippen molar-refractivity contribution < 1.29 is 18.3 Å². The minimum absolute atomic E-state index is 0.266. The predicted octanol–water partition coefficient (Wildman–Crippen LogP) is 7.56. The lowest BCUT2D eigenvalue weighted by Gasteiger charge is -2.28. The molecular formula is C26H34F2O2. The number of unbranched alkanes of at least 4 members (excludes halogenated alkanes) is 4. The Morgan fingerprint density at radius 2 is 1.60 bits per heavy atom. The Balaban J connectivity index is 1.41. The number of hydrogen-bond donors (Lipinski definition) is 0. The minimum atomic E-state index is -0.385. The zero-order chi connectivity index (χ0) is 21.2. The van der Waals surface area contributed by atoms with E-state index in [1.54, 1.807) is 30.3 Å². The van der Waals surface area contributed by atoms with Crippen molar-refractivity contribution in [1.29, 1.82) is 0 Å². The number of rotatable bonds is 11. The van der Waals surface area contributed by atoms with Gasteiger partial charge in [0.15, 0.2) is 11.6 Å². The van der Waals surface area contributed by atoms with Gasteiger partial charge in [-0.1, -0.05) is 56.9 Å². The first kappa shape index (κ1) is 22.7. The summed E-state index contributed by atoms with van der Waals surface area (Å²) in [4.78, 5) is 0. The molecular weight excluding hydrogens is 382 g/mol. The molecule has 1 aliphatic carbocycles. The molecule has 0 amide bonds. The average Bonchev–Trinajstić information content (AvgIpc) is 2.77. The maximum absolute atomic E-state index is 14.9. The fourth-order valence-corrected chi connectivity index (χ4v) is 4.10. The van der Waals surface area contributed by atoms with Crippen LogP contribution in [0.3, 0.4) is 0 Å².